The number of sulfone groups is 1. The lowest BCUT2D eigenvalue weighted by atomic mass is 9.96. The number of benzene rings is 2. The van der Waals surface area contributed by atoms with Gasteiger partial charge in [0, 0.05) is 32.0 Å². The summed E-state index contributed by atoms with van der Waals surface area (Å²) in [6.45, 7) is 0.768. The largest absolute Gasteiger partial charge is 0.490 e. The van der Waals surface area contributed by atoms with Gasteiger partial charge in [-0.3, -0.25) is 4.99 Å². The topological polar surface area (TPSA) is 79.8 Å². The van der Waals surface area contributed by atoms with Crippen LogP contribution in [0, 0.1) is 5.82 Å². The highest BCUT2D eigenvalue weighted by Gasteiger charge is 2.20. The number of nitrogens with one attached hydrogen (secondary N) is 2. The molecule has 1 saturated carbocycles. The predicted molar refractivity (Wildman–Crippen MR) is 117 cm³/mol. The molecule has 0 aliphatic heterocycles. The molecule has 2 N–H and O–H groups in total. The summed E-state index contributed by atoms with van der Waals surface area (Å²) in [6.07, 6.45) is 4.85. The van der Waals surface area contributed by atoms with E-state index in [0.717, 1.165) is 30.4 Å². The first-order valence-corrected chi connectivity index (χ1v) is 12.0. The van der Waals surface area contributed by atoms with Gasteiger partial charge in [-0.05, 0) is 48.6 Å². The van der Waals surface area contributed by atoms with Gasteiger partial charge in [-0.1, -0.05) is 24.3 Å². The minimum atomic E-state index is -3.23. The zero-order valence-corrected chi connectivity index (χ0v) is 18.1. The van der Waals surface area contributed by atoms with Crippen LogP contribution >= 0.6 is 0 Å². The first-order chi connectivity index (χ1) is 14.3. The van der Waals surface area contributed by atoms with Gasteiger partial charge >= 0.3 is 0 Å². The van der Waals surface area contributed by atoms with Gasteiger partial charge in [0.15, 0.2) is 15.8 Å². The van der Waals surface area contributed by atoms with Gasteiger partial charge in [0.25, 0.3) is 0 Å². The van der Waals surface area contributed by atoms with Crippen LogP contribution < -0.4 is 15.4 Å². The van der Waals surface area contributed by atoms with Crippen LogP contribution in [-0.2, 0) is 28.7 Å². The Morgan fingerprint density at radius 2 is 1.80 bits per heavy atom. The summed E-state index contributed by atoms with van der Waals surface area (Å²) in [4.78, 5) is 4.20. The Hall–Kier alpha value is -2.61. The van der Waals surface area contributed by atoms with Crippen LogP contribution in [0.2, 0.25) is 0 Å². The minimum absolute atomic E-state index is 0.137. The van der Waals surface area contributed by atoms with Crippen molar-refractivity contribution >= 4 is 15.8 Å². The Labute approximate surface area is 177 Å². The third-order valence-corrected chi connectivity index (χ3v) is 5.86. The van der Waals surface area contributed by atoms with Crippen LogP contribution in [0.5, 0.6) is 5.75 Å². The highest BCUT2D eigenvalue weighted by Crippen LogP contribution is 2.27. The number of para-hydroxylation sites is 1. The third kappa shape index (κ3) is 6.45. The fraction of sp³-hybridized carbons (Fsp3) is 0.409. The van der Waals surface area contributed by atoms with Crippen molar-refractivity contribution in [1.29, 1.82) is 0 Å². The summed E-state index contributed by atoms with van der Waals surface area (Å²) in [7, 11) is -1.58. The highest BCUT2D eigenvalue weighted by atomic mass is 32.2. The summed E-state index contributed by atoms with van der Waals surface area (Å²) in [5, 5.41) is 6.36. The normalized spacial score (nSPS) is 14.8. The fourth-order valence-corrected chi connectivity index (χ4v) is 4.04. The Morgan fingerprint density at radius 1 is 1.10 bits per heavy atom. The van der Waals surface area contributed by atoms with Gasteiger partial charge in [0.1, 0.15) is 11.6 Å². The van der Waals surface area contributed by atoms with E-state index in [-0.39, 0.29) is 12.3 Å². The minimum Gasteiger partial charge on any atom is -0.490 e. The number of halogens is 1. The molecule has 3 rings (SSSR count). The SMILES string of the molecule is CN=C(NCc1cc(F)ccc1CS(C)(=O)=O)NCc1ccccc1OC1CCC1. The maximum absolute atomic E-state index is 13.7. The van der Waals surface area contributed by atoms with Crippen molar-refractivity contribution in [3.63, 3.8) is 0 Å². The molecule has 0 amide bonds. The molecular formula is C22H28FN3O3S. The van der Waals surface area contributed by atoms with Crippen LogP contribution in [0.15, 0.2) is 47.5 Å². The Balaban J connectivity index is 1.62. The molecule has 8 heteroatoms. The van der Waals surface area contributed by atoms with Crippen molar-refractivity contribution in [3.05, 3.63) is 65.0 Å². The van der Waals surface area contributed by atoms with Crippen molar-refractivity contribution in [3.8, 4) is 5.75 Å². The lowest BCUT2D eigenvalue weighted by Gasteiger charge is -2.27. The van der Waals surface area contributed by atoms with Gasteiger partial charge < -0.3 is 15.4 Å². The fourth-order valence-electron chi connectivity index (χ4n) is 3.19. The zero-order chi connectivity index (χ0) is 21.6. The molecule has 162 valence electrons. The highest BCUT2D eigenvalue weighted by molar-refractivity contribution is 7.89. The predicted octanol–water partition coefficient (Wildman–Crippen LogP) is 3.17. The van der Waals surface area contributed by atoms with E-state index in [0.29, 0.717) is 29.7 Å². The third-order valence-electron chi connectivity index (χ3n) is 5.02. The monoisotopic (exact) mass is 433 g/mol. The quantitative estimate of drug-likeness (QED) is 0.494. The number of ether oxygens (including phenoxy) is 1. The Morgan fingerprint density at radius 3 is 2.43 bits per heavy atom. The second-order valence-electron chi connectivity index (χ2n) is 7.54. The van der Waals surface area contributed by atoms with E-state index < -0.39 is 15.7 Å². The number of nitrogens with zero attached hydrogens (tertiary/aromatic N) is 1. The first-order valence-electron chi connectivity index (χ1n) is 9.98. The summed E-state index contributed by atoms with van der Waals surface area (Å²) < 4.78 is 43.1. The van der Waals surface area contributed by atoms with Crippen LogP contribution in [0.1, 0.15) is 36.0 Å². The molecule has 2 aromatic carbocycles. The lowest BCUT2D eigenvalue weighted by Crippen LogP contribution is -2.36. The summed E-state index contributed by atoms with van der Waals surface area (Å²) in [5.74, 6) is 0.852. The number of rotatable bonds is 8. The second-order valence-corrected chi connectivity index (χ2v) is 9.68. The van der Waals surface area contributed by atoms with Crippen LogP contribution in [-0.4, -0.2) is 33.8 Å². The van der Waals surface area contributed by atoms with Gasteiger partial charge in [-0.2, -0.15) is 0 Å². The molecule has 30 heavy (non-hydrogen) atoms. The summed E-state index contributed by atoms with van der Waals surface area (Å²) in [5.41, 5.74) is 2.18. The molecule has 2 aromatic rings. The maximum Gasteiger partial charge on any atom is 0.191 e. The number of guanidine groups is 1. The van der Waals surface area contributed by atoms with E-state index in [4.69, 9.17) is 4.74 Å². The lowest BCUT2D eigenvalue weighted by molar-refractivity contribution is 0.119. The molecule has 0 spiro atoms. The molecule has 0 saturated heterocycles. The van der Waals surface area contributed by atoms with E-state index >= 15 is 0 Å². The number of aliphatic imine (C=N–C) groups is 1. The second kappa shape index (κ2) is 9.93. The smallest absolute Gasteiger partial charge is 0.191 e. The molecule has 0 bridgehead atoms. The molecule has 0 radical (unpaired) electrons. The Bertz CT molecular complexity index is 1000. The van der Waals surface area contributed by atoms with Crippen molar-refractivity contribution in [2.24, 2.45) is 4.99 Å². The first kappa shape index (κ1) is 22.1. The van der Waals surface area contributed by atoms with Gasteiger partial charge in [-0.15, -0.1) is 0 Å². The van der Waals surface area contributed by atoms with E-state index in [1.54, 1.807) is 7.05 Å². The molecular weight excluding hydrogens is 405 g/mol. The van der Waals surface area contributed by atoms with Crippen LogP contribution in [0.25, 0.3) is 0 Å². The molecule has 6 nitrogen and oxygen atoms in total. The average molecular weight is 434 g/mol. The van der Waals surface area contributed by atoms with E-state index in [9.17, 15) is 12.8 Å². The van der Waals surface area contributed by atoms with Crippen LogP contribution in [0.3, 0.4) is 0 Å². The number of hydrogen-bond acceptors (Lipinski definition) is 4. The van der Waals surface area contributed by atoms with Crippen molar-refractivity contribution < 1.29 is 17.5 Å². The van der Waals surface area contributed by atoms with Gasteiger partial charge in [0.05, 0.1) is 11.9 Å². The standard InChI is InChI=1S/C22H28FN3O3S/c1-24-22(25-13-16-6-3-4-9-21(16)29-20-7-5-8-20)26-14-18-12-19(23)11-10-17(18)15-30(2,27)28/h3-4,6,9-12,20H,5,7-8,13-15H2,1-2H3,(H2,24,25,26). The van der Waals surface area contributed by atoms with Crippen LogP contribution in [0.4, 0.5) is 4.39 Å². The van der Waals surface area contributed by atoms with Gasteiger partial charge in [0.2, 0.25) is 0 Å². The van der Waals surface area contributed by atoms with Gasteiger partial charge in [-0.25, -0.2) is 12.8 Å². The molecule has 0 heterocycles. The van der Waals surface area contributed by atoms with E-state index in [1.165, 1.54) is 24.6 Å². The molecule has 1 fully saturated rings. The van der Waals surface area contributed by atoms with E-state index in [1.807, 2.05) is 24.3 Å². The summed E-state index contributed by atoms with van der Waals surface area (Å²) in [6, 6.07) is 12.0. The number of hydrogen-bond donors (Lipinski definition) is 2. The van der Waals surface area contributed by atoms with Crippen molar-refractivity contribution in [2.45, 2.75) is 44.2 Å². The van der Waals surface area contributed by atoms with Crippen molar-refractivity contribution in [1.82, 2.24) is 10.6 Å². The summed E-state index contributed by atoms with van der Waals surface area (Å²) >= 11 is 0. The molecule has 0 atom stereocenters. The van der Waals surface area contributed by atoms with E-state index in [2.05, 4.69) is 15.6 Å². The maximum atomic E-state index is 13.7. The molecule has 0 unspecified atom stereocenters. The molecule has 0 aromatic heterocycles. The zero-order valence-electron chi connectivity index (χ0n) is 17.3. The molecule has 1 aliphatic carbocycles. The Kier molecular flexibility index (Phi) is 7.31. The van der Waals surface area contributed by atoms with Crippen molar-refractivity contribution in [2.75, 3.05) is 13.3 Å². The average Bonchev–Trinajstić information content (AvgIpc) is 2.66. The molecule has 1 aliphatic rings.